The van der Waals surface area contributed by atoms with Gasteiger partial charge < -0.3 is 27.0 Å². The molecule has 1 saturated heterocycles. The standard InChI is InChI=1S/C19H34N8O/c1-11(2)14-9-6-10-27(14)25-18-15(21-4)17(22-12(3)13-7-5-8-13)23-19(24-18)16(20)26-28/h11-14,21,28H,5-10H2,1-4H3,(H2,20,26)(H2,22,23,24,25)/t12-,14?/m1/s1. The van der Waals surface area contributed by atoms with Gasteiger partial charge in [-0.15, -0.1) is 0 Å². The molecule has 0 radical (unpaired) electrons. The van der Waals surface area contributed by atoms with E-state index in [0.717, 1.165) is 25.1 Å². The van der Waals surface area contributed by atoms with Gasteiger partial charge in [0.1, 0.15) is 5.69 Å². The molecule has 1 aromatic rings. The van der Waals surface area contributed by atoms with Gasteiger partial charge >= 0.3 is 0 Å². The molecule has 1 aromatic heterocycles. The third-order valence-corrected chi connectivity index (χ3v) is 6.04. The second kappa shape index (κ2) is 8.81. The molecule has 0 aromatic carbocycles. The van der Waals surface area contributed by atoms with E-state index in [9.17, 15) is 0 Å². The molecule has 2 aliphatic rings. The van der Waals surface area contributed by atoms with Crippen LogP contribution in [0.25, 0.3) is 0 Å². The van der Waals surface area contributed by atoms with E-state index < -0.39 is 0 Å². The smallest absolute Gasteiger partial charge is 0.208 e. The summed E-state index contributed by atoms with van der Waals surface area (Å²) in [5, 5.41) is 21.2. The molecule has 1 saturated carbocycles. The molecule has 1 aliphatic heterocycles. The summed E-state index contributed by atoms with van der Waals surface area (Å²) in [6.07, 6.45) is 6.05. The van der Waals surface area contributed by atoms with Gasteiger partial charge in [-0.1, -0.05) is 25.4 Å². The maximum atomic E-state index is 9.13. The minimum absolute atomic E-state index is 0.105. The normalized spacial score (nSPS) is 22.2. The molecule has 2 atom stereocenters. The van der Waals surface area contributed by atoms with Crippen LogP contribution in [0.5, 0.6) is 0 Å². The summed E-state index contributed by atoms with van der Waals surface area (Å²) < 4.78 is 0. The Morgan fingerprint density at radius 1 is 1.18 bits per heavy atom. The van der Waals surface area contributed by atoms with E-state index in [1.165, 1.54) is 19.3 Å². The molecule has 2 fully saturated rings. The summed E-state index contributed by atoms with van der Waals surface area (Å²) in [6, 6.07) is 0.733. The number of aromatic nitrogens is 2. The van der Waals surface area contributed by atoms with E-state index >= 15 is 0 Å². The molecule has 9 heteroatoms. The zero-order valence-corrected chi connectivity index (χ0v) is 17.4. The summed E-state index contributed by atoms with van der Waals surface area (Å²) in [5.74, 6) is 2.58. The molecule has 6 N–H and O–H groups in total. The number of rotatable bonds is 8. The van der Waals surface area contributed by atoms with Gasteiger partial charge in [-0.2, -0.15) is 0 Å². The van der Waals surface area contributed by atoms with Crippen molar-refractivity contribution in [2.75, 3.05) is 29.7 Å². The van der Waals surface area contributed by atoms with Crippen LogP contribution < -0.4 is 21.8 Å². The van der Waals surface area contributed by atoms with Crippen LogP contribution in [0.4, 0.5) is 17.3 Å². The summed E-state index contributed by atoms with van der Waals surface area (Å²) in [5.41, 5.74) is 10.1. The van der Waals surface area contributed by atoms with Gasteiger partial charge in [0.25, 0.3) is 0 Å². The monoisotopic (exact) mass is 390 g/mol. The Hall–Kier alpha value is -2.29. The molecule has 156 valence electrons. The first-order valence-corrected chi connectivity index (χ1v) is 10.3. The number of nitrogens with one attached hydrogen (secondary N) is 3. The lowest BCUT2D eigenvalue weighted by Gasteiger charge is -2.33. The van der Waals surface area contributed by atoms with E-state index in [4.69, 9.17) is 10.9 Å². The number of hydrogen-bond donors (Lipinski definition) is 5. The third kappa shape index (κ3) is 4.24. The summed E-state index contributed by atoms with van der Waals surface area (Å²) in [4.78, 5) is 9.06. The predicted octanol–water partition coefficient (Wildman–Crippen LogP) is 2.66. The summed E-state index contributed by atoms with van der Waals surface area (Å²) >= 11 is 0. The van der Waals surface area contributed by atoms with Crippen molar-refractivity contribution in [2.24, 2.45) is 22.7 Å². The minimum atomic E-state index is -0.105. The van der Waals surface area contributed by atoms with Crippen molar-refractivity contribution in [3.05, 3.63) is 5.82 Å². The predicted molar refractivity (Wildman–Crippen MR) is 113 cm³/mol. The van der Waals surface area contributed by atoms with Gasteiger partial charge in [0.05, 0.1) is 0 Å². The van der Waals surface area contributed by atoms with Gasteiger partial charge in [0.15, 0.2) is 11.6 Å². The summed E-state index contributed by atoms with van der Waals surface area (Å²) in [6.45, 7) is 7.60. The molecule has 1 unspecified atom stereocenters. The van der Waals surface area contributed by atoms with Gasteiger partial charge in [0.2, 0.25) is 11.7 Å². The van der Waals surface area contributed by atoms with Crippen LogP contribution in [-0.4, -0.2) is 51.7 Å². The first kappa shape index (κ1) is 20.4. The van der Waals surface area contributed by atoms with Gasteiger partial charge in [-0.05, 0) is 44.4 Å². The van der Waals surface area contributed by atoms with E-state index in [1.807, 2.05) is 7.05 Å². The van der Waals surface area contributed by atoms with Crippen LogP contribution in [-0.2, 0) is 0 Å². The van der Waals surface area contributed by atoms with E-state index in [2.05, 4.69) is 57.0 Å². The van der Waals surface area contributed by atoms with E-state index in [0.29, 0.717) is 35.6 Å². The number of nitrogens with zero attached hydrogens (tertiary/aromatic N) is 4. The Morgan fingerprint density at radius 3 is 2.46 bits per heavy atom. The Balaban J connectivity index is 1.93. The second-order valence-corrected chi connectivity index (χ2v) is 8.24. The number of hydrogen-bond acceptors (Lipinski definition) is 8. The topological polar surface area (TPSA) is 124 Å². The van der Waals surface area contributed by atoms with Gasteiger partial charge in [0, 0.05) is 25.7 Å². The largest absolute Gasteiger partial charge is 0.409 e. The zero-order valence-electron chi connectivity index (χ0n) is 17.4. The SMILES string of the molecule is CNc1c(N[C@H](C)C2CCC2)nc(/C(N)=N/O)nc1NN1CCCC1C(C)C. The van der Waals surface area contributed by atoms with Gasteiger partial charge in [-0.3, -0.25) is 0 Å². The van der Waals surface area contributed by atoms with Crippen molar-refractivity contribution in [1.82, 2.24) is 15.0 Å². The lowest BCUT2D eigenvalue weighted by molar-refractivity contribution is 0.246. The van der Waals surface area contributed by atoms with Crippen LogP contribution in [0.3, 0.4) is 0 Å². The average molecular weight is 391 g/mol. The van der Waals surface area contributed by atoms with Crippen molar-refractivity contribution < 1.29 is 5.21 Å². The van der Waals surface area contributed by atoms with Crippen molar-refractivity contribution in [1.29, 1.82) is 0 Å². The first-order valence-electron chi connectivity index (χ1n) is 10.3. The molecule has 3 rings (SSSR count). The highest BCUT2D eigenvalue weighted by Crippen LogP contribution is 2.35. The molecule has 0 amide bonds. The number of hydrazine groups is 1. The fourth-order valence-corrected chi connectivity index (χ4v) is 4.08. The van der Waals surface area contributed by atoms with Crippen LogP contribution in [0, 0.1) is 11.8 Å². The maximum absolute atomic E-state index is 9.13. The number of nitrogens with two attached hydrogens (primary N) is 1. The van der Waals surface area contributed by atoms with Crippen molar-refractivity contribution >= 4 is 23.2 Å². The highest BCUT2D eigenvalue weighted by atomic mass is 16.4. The third-order valence-electron chi connectivity index (χ3n) is 6.04. The quantitative estimate of drug-likeness (QED) is 0.199. The average Bonchev–Trinajstić information content (AvgIpc) is 3.07. The number of oxime groups is 1. The highest BCUT2D eigenvalue weighted by Gasteiger charge is 2.30. The molecule has 0 spiro atoms. The molecular formula is C19H34N8O. The van der Waals surface area contributed by atoms with Crippen molar-refractivity contribution in [3.8, 4) is 0 Å². The van der Waals surface area contributed by atoms with Crippen LogP contribution >= 0.6 is 0 Å². The van der Waals surface area contributed by atoms with E-state index in [1.54, 1.807) is 0 Å². The molecule has 1 aliphatic carbocycles. The van der Waals surface area contributed by atoms with Crippen LogP contribution in [0.15, 0.2) is 5.16 Å². The fraction of sp³-hybridized carbons (Fsp3) is 0.737. The van der Waals surface area contributed by atoms with Gasteiger partial charge in [-0.25, -0.2) is 15.0 Å². The molecule has 28 heavy (non-hydrogen) atoms. The van der Waals surface area contributed by atoms with E-state index in [-0.39, 0.29) is 11.7 Å². The van der Waals surface area contributed by atoms with Crippen LogP contribution in [0.1, 0.15) is 58.7 Å². The van der Waals surface area contributed by atoms with Crippen molar-refractivity contribution in [3.63, 3.8) is 0 Å². The Morgan fingerprint density at radius 2 is 1.89 bits per heavy atom. The lowest BCUT2D eigenvalue weighted by atomic mass is 9.80. The van der Waals surface area contributed by atoms with Crippen molar-refractivity contribution in [2.45, 2.75) is 65.0 Å². The zero-order chi connectivity index (χ0) is 20.3. The second-order valence-electron chi connectivity index (χ2n) is 8.24. The minimum Gasteiger partial charge on any atom is -0.409 e. The molecule has 0 bridgehead atoms. The van der Waals surface area contributed by atoms with Crippen LogP contribution in [0.2, 0.25) is 0 Å². The number of amidine groups is 1. The molecule has 2 heterocycles. The lowest BCUT2D eigenvalue weighted by Crippen LogP contribution is -2.39. The fourth-order valence-electron chi connectivity index (χ4n) is 4.08. The Bertz CT molecular complexity index is 703. The first-order chi connectivity index (χ1) is 13.4. The molecule has 9 nitrogen and oxygen atoms in total. The Labute approximate surface area is 167 Å². The number of anilines is 3. The summed E-state index contributed by atoms with van der Waals surface area (Å²) in [7, 11) is 1.86. The maximum Gasteiger partial charge on any atom is 0.208 e. The highest BCUT2D eigenvalue weighted by molar-refractivity contribution is 5.95. The Kier molecular flexibility index (Phi) is 6.43. The molecular weight excluding hydrogens is 356 g/mol.